The predicted molar refractivity (Wildman–Crippen MR) is 157 cm³/mol. The van der Waals surface area contributed by atoms with Gasteiger partial charge in [-0.15, -0.1) is 0 Å². The number of hydrogen-bond donors (Lipinski definition) is 0. The third kappa shape index (κ3) is 5.09. The highest BCUT2D eigenvalue weighted by Crippen LogP contribution is 2.27. The van der Waals surface area contributed by atoms with Crippen LogP contribution < -0.4 is 4.90 Å². The highest BCUT2D eigenvalue weighted by Gasteiger charge is 2.31. The minimum absolute atomic E-state index is 0.125. The molecule has 1 aromatic heterocycles. The van der Waals surface area contributed by atoms with Crippen LogP contribution in [0.2, 0.25) is 0 Å². The van der Waals surface area contributed by atoms with Crippen LogP contribution in [0.1, 0.15) is 24.2 Å². The Morgan fingerprint density at radius 1 is 0.895 bits per heavy atom. The van der Waals surface area contributed by atoms with Gasteiger partial charge in [0.05, 0.1) is 17.6 Å². The van der Waals surface area contributed by atoms with Crippen LogP contribution in [-0.4, -0.2) is 64.5 Å². The summed E-state index contributed by atoms with van der Waals surface area (Å²) in [5, 5.41) is 0. The van der Waals surface area contributed by atoms with E-state index < -0.39 is 0 Å². The first-order chi connectivity index (χ1) is 18.6. The summed E-state index contributed by atoms with van der Waals surface area (Å²) >= 11 is 3.62. The molecule has 1 amide bonds. The Hall–Kier alpha value is -3.16. The average Bonchev–Trinajstić information content (AvgIpc) is 3.31. The first kappa shape index (κ1) is 25.1. The second kappa shape index (κ2) is 10.9. The molecule has 0 atom stereocenters. The van der Waals surface area contributed by atoms with Gasteiger partial charge in [-0.2, -0.15) is 0 Å². The van der Waals surface area contributed by atoms with Crippen molar-refractivity contribution in [3.63, 3.8) is 0 Å². The predicted octanol–water partition coefficient (Wildman–Crippen LogP) is 5.66. The van der Waals surface area contributed by atoms with E-state index in [-0.39, 0.29) is 5.92 Å². The molecule has 0 N–H and O–H groups in total. The van der Waals surface area contributed by atoms with Gasteiger partial charge >= 0.3 is 0 Å². The van der Waals surface area contributed by atoms with Gasteiger partial charge in [-0.05, 0) is 74.8 Å². The summed E-state index contributed by atoms with van der Waals surface area (Å²) in [6, 6.07) is 25.2. The third-order valence-electron chi connectivity index (χ3n) is 8.05. The van der Waals surface area contributed by atoms with E-state index >= 15 is 0 Å². The lowest BCUT2D eigenvalue weighted by atomic mass is 9.95. The molecule has 4 aromatic rings. The molecule has 6 rings (SSSR count). The lowest BCUT2D eigenvalue weighted by Crippen LogP contribution is -2.51. The van der Waals surface area contributed by atoms with Crippen molar-refractivity contribution in [1.29, 1.82) is 0 Å². The summed E-state index contributed by atoms with van der Waals surface area (Å²) in [6.07, 6.45) is 1.82. The molecule has 0 unspecified atom stereocenters. The summed E-state index contributed by atoms with van der Waals surface area (Å²) < 4.78 is 3.32. The fourth-order valence-electron chi connectivity index (χ4n) is 5.97. The van der Waals surface area contributed by atoms with E-state index in [1.807, 2.05) is 12.1 Å². The maximum absolute atomic E-state index is 13.4. The number of aryl methyl sites for hydroxylation is 1. The Morgan fingerprint density at radius 2 is 1.63 bits per heavy atom. The zero-order chi connectivity index (χ0) is 26.1. The lowest BCUT2D eigenvalue weighted by molar-refractivity contribution is -0.137. The van der Waals surface area contributed by atoms with Crippen molar-refractivity contribution < 1.29 is 4.79 Å². The maximum atomic E-state index is 13.4. The van der Waals surface area contributed by atoms with Crippen molar-refractivity contribution in [1.82, 2.24) is 19.4 Å². The third-order valence-corrected chi connectivity index (χ3v) is 8.54. The molecule has 3 aromatic carbocycles. The number of piperazine rings is 1. The SMILES string of the molecule is Cc1ccccc1N1CCN(C(=O)C2CCN(Cc3nc4ccccc4n3-c3cccc(Br)c3)CC2)CC1. The van der Waals surface area contributed by atoms with Gasteiger partial charge in [0.2, 0.25) is 5.91 Å². The lowest BCUT2D eigenvalue weighted by Gasteiger charge is -2.39. The molecule has 2 aliphatic heterocycles. The summed E-state index contributed by atoms with van der Waals surface area (Å²) in [4.78, 5) is 25.4. The number of likely N-dealkylation sites (tertiary alicyclic amines) is 1. The molecule has 2 fully saturated rings. The minimum Gasteiger partial charge on any atom is -0.368 e. The Kier molecular flexibility index (Phi) is 7.22. The molecule has 6 nitrogen and oxygen atoms in total. The van der Waals surface area contributed by atoms with E-state index in [0.29, 0.717) is 5.91 Å². The summed E-state index contributed by atoms with van der Waals surface area (Å²) in [5.74, 6) is 1.51. The highest BCUT2D eigenvalue weighted by molar-refractivity contribution is 9.10. The highest BCUT2D eigenvalue weighted by atomic mass is 79.9. The number of imidazole rings is 1. The zero-order valence-electron chi connectivity index (χ0n) is 21.9. The molecule has 0 radical (unpaired) electrons. The van der Waals surface area contributed by atoms with Gasteiger partial charge in [-0.25, -0.2) is 4.98 Å². The molecular formula is C31H34BrN5O. The molecular weight excluding hydrogens is 538 g/mol. The Bertz CT molecular complexity index is 1430. The number of aromatic nitrogens is 2. The number of para-hydroxylation sites is 3. The second-order valence-electron chi connectivity index (χ2n) is 10.5. The van der Waals surface area contributed by atoms with Crippen molar-refractivity contribution in [3.05, 3.63) is 88.7 Å². The van der Waals surface area contributed by atoms with Crippen LogP contribution in [0.25, 0.3) is 16.7 Å². The van der Waals surface area contributed by atoms with Gasteiger partial charge in [0.1, 0.15) is 5.82 Å². The number of hydrogen-bond acceptors (Lipinski definition) is 4. The number of rotatable bonds is 5. The first-order valence-corrected chi connectivity index (χ1v) is 14.4. The van der Waals surface area contributed by atoms with Crippen LogP contribution in [0.4, 0.5) is 5.69 Å². The topological polar surface area (TPSA) is 44.6 Å². The zero-order valence-corrected chi connectivity index (χ0v) is 23.5. The smallest absolute Gasteiger partial charge is 0.225 e. The van der Waals surface area contributed by atoms with Crippen molar-refractivity contribution in [2.24, 2.45) is 5.92 Å². The molecule has 0 spiro atoms. The molecule has 3 heterocycles. The van der Waals surface area contributed by atoms with Crippen LogP contribution in [0, 0.1) is 12.8 Å². The van der Waals surface area contributed by atoms with Crippen molar-refractivity contribution in [2.45, 2.75) is 26.3 Å². The fourth-order valence-corrected chi connectivity index (χ4v) is 6.35. The normalized spacial score (nSPS) is 17.3. The number of halogens is 1. The molecule has 0 bridgehead atoms. The molecule has 0 saturated carbocycles. The number of carbonyl (C=O) groups excluding carboxylic acids is 1. The van der Waals surface area contributed by atoms with Crippen molar-refractivity contribution in [3.8, 4) is 5.69 Å². The van der Waals surface area contributed by atoms with E-state index in [1.165, 1.54) is 11.3 Å². The van der Waals surface area contributed by atoms with E-state index in [9.17, 15) is 4.79 Å². The molecule has 196 valence electrons. The fraction of sp³-hybridized carbons (Fsp3) is 0.355. The number of amides is 1. The molecule has 7 heteroatoms. The summed E-state index contributed by atoms with van der Waals surface area (Å²) in [6.45, 7) is 8.20. The van der Waals surface area contributed by atoms with Gasteiger partial charge in [0, 0.05) is 47.9 Å². The number of anilines is 1. The van der Waals surface area contributed by atoms with E-state index in [0.717, 1.165) is 85.7 Å². The van der Waals surface area contributed by atoms with Gasteiger partial charge in [0.15, 0.2) is 0 Å². The van der Waals surface area contributed by atoms with Gasteiger partial charge in [0.25, 0.3) is 0 Å². The molecule has 2 saturated heterocycles. The van der Waals surface area contributed by atoms with Gasteiger partial charge in [-0.3, -0.25) is 14.3 Å². The number of nitrogens with zero attached hydrogens (tertiary/aromatic N) is 5. The number of piperidine rings is 1. The second-order valence-corrected chi connectivity index (χ2v) is 11.4. The minimum atomic E-state index is 0.125. The number of carbonyl (C=O) groups is 1. The molecule has 2 aliphatic rings. The number of fused-ring (bicyclic) bond motifs is 1. The standard InChI is InChI=1S/C31H34BrN5O/c1-23-7-2-4-11-28(23)35-17-19-36(20-18-35)31(38)24-13-15-34(16-14-24)22-30-33-27-10-3-5-12-29(27)37(30)26-9-6-8-25(32)21-26/h2-12,21,24H,13-20,22H2,1H3. The summed E-state index contributed by atoms with van der Waals surface area (Å²) in [7, 11) is 0. The Labute approximate surface area is 233 Å². The van der Waals surface area contributed by atoms with Crippen LogP contribution in [0.15, 0.2) is 77.3 Å². The van der Waals surface area contributed by atoms with Crippen molar-refractivity contribution >= 4 is 38.6 Å². The Balaban J connectivity index is 1.09. The van der Waals surface area contributed by atoms with Gasteiger partial charge < -0.3 is 9.80 Å². The number of benzene rings is 3. The van der Waals surface area contributed by atoms with E-state index in [2.05, 4.69) is 103 Å². The van der Waals surface area contributed by atoms with Gasteiger partial charge in [-0.1, -0.05) is 52.3 Å². The quantitative estimate of drug-likeness (QED) is 0.310. The van der Waals surface area contributed by atoms with Crippen LogP contribution >= 0.6 is 15.9 Å². The monoisotopic (exact) mass is 571 g/mol. The van der Waals surface area contributed by atoms with E-state index in [1.54, 1.807) is 0 Å². The van der Waals surface area contributed by atoms with Crippen molar-refractivity contribution in [2.75, 3.05) is 44.2 Å². The van der Waals surface area contributed by atoms with Crippen LogP contribution in [0.3, 0.4) is 0 Å². The summed E-state index contributed by atoms with van der Waals surface area (Å²) in [5.41, 5.74) is 5.83. The Morgan fingerprint density at radius 3 is 2.39 bits per heavy atom. The van der Waals surface area contributed by atoms with E-state index in [4.69, 9.17) is 4.98 Å². The molecule has 38 heavy (non-hydrogen) atoms. The maximum Gasteiger partial charge on any atom is 0.225 e. The van der Waals surface area contributed by atoms with Crippen LogP contribution in [0.5, 0.6) is 0 Å². The van der Waals surface area contributed by atoms with Crippen LogP contribution in [-0.2, 0) is 11.3 Å². The molecule has 0 aliphatic carbocycles. The average molecular weight is 573 g/mol. The largest absolute Gasteiger partial charge is 0.368 e. The first-order valence-electron chi connectivity index (χ1n) is 13.6.